The molecule has 1 aromatic carbocycles. The quantitative estimate of drug-likeness (QED) is 0.836. The molecule has 0 saturated heterocycles. The van der Waals surface area contributed by atoms with Crippen LogP contribution in [0.4, 0.5) is 13.2 Å². The molecule has 9 heteroatoms. The van der Waals surface area contributed by atoms with Gasteiger partial charge in [-0.2, -0.15) is 17.9 Å². The van der Waals surface area contributed by atoms with Gasteiger partial charge in [-0.15, -0.1) is 5.10 Å². The van der Waals surface area contributed by atoms with Crippen molar-refractivity contribution in [1.29, 1.82) is 0 Å². The fourth-order valence-electron chi connectivity index (χ4n) is 3.64. The predicted octanol–water partition coefficient (Wildman–Crippen LogP) is 3.15. The number of benzene rings is 1. The van der Waals surface area contributed by atoms with Crippen LogP contribution in [0, 0.1) is 6.92 Å². The first-order valence-corrected chi connectivity index (χ1v) is 8.46. The number of nitrogens with zero attached hydrogens (tertiary/aromatic N) is 5. The largest absolute Gasteiger partial charge is 0.471 e. The average molecular weight is 367 g/mol. The normalized spacial score (nSPS) is 17.1. The van der Waals surface area contributed by atoms with E-state index < -0.39 is 17.6 Å². The topological polar surface area (TPSA) is 63.9 Å². The highest BCUT2D eigenvalue weighted by Gasteiger charge is 2.51. The minimum absolute atomic E-state index is 0.267. The van der Waals surface area contributed by atoms with Gasteiger partial charge in [0.1, 0.15) is 5.54 Å². The SMILES string of the molecule is Cc1cccc(-n2nnnc2C2(N(C)C(=O)C(F)(F)F)CCCCC2)c1. The molecule has 0 atom stereocenters. The van der Waals surface area contributed by atoms with Crippen LogP contribution in [-0.4, -0.2) is 44.2 Å². The summed E-state index contributed by atoms with van der Waals surface area (Å²) in [5, 5.41) is 11.7. The average Bonchev–Trinajstić information content (AvgIpc) is 3.10. The molecule has 26 heavy (non-hydrogen) atoms. The third-order valence-electron chi connectivity index (χ3n) is 5.00. The fraction of sp³-hybridized carbons (Fsp3) is 0.529. The van der Waals surface area contributed by atoms with Crippen LogP contribution in [0.1, 0.15) is 43.5 Å². The monoisotopic (exact) mass is 367 g/mol. The van der Waals surface area contributed by atoms with Crippen molar-refractivity contribution in [2.75, 3.05) is 7.05 Å². The summed E-state index contributed by atoms with van der Waals surface area (Å²) in [6.07, 6.45) is -1.86. The van der Waals surface area contributed by atoms with Crippen molar-refractivity contribution in [3.8, 4) is 5.69 Å². The Bertz CT molecular complexity index is 796. The molecule has 1 amide bonds. The second-order valence-electron chi connectivity index (χ2n) is 6.71. The molecule has 2 aromatic rings. The number of hydrogen-bond donors (Lipinski definition) is 0. The second kappa shape index (κ2) is 6.69. The van der Waals surface area contributed by atoms with Crippen LogP contribution in [0.5, 0.6) is 0 Å². The van der Waals surface area contributed by atoms with Crippen LogP contribution in [0.2, 0.25) is 0 Å². The third kappa shape index (κ3) is 3.17. The molecule has 0 radical (unpaired) electrons. The Hall–Kier alpha value is -2.45. The van der Waals surface area contributed by atoms with Crippen LogP contribution >= 0.6 is 0 Å². The van der Waals surface area contributed by atoms with Gasteiger partial charge < -0.3 is 4.90 Å². The maximum atomic E-state index is 13.1. The van der Waals surface area contributed by atoms with Gasteiger partial charge in [0.05, 0.1) is 5.69 Å². The lowest BCUT2D eigenvalue weighted by Crippen LogP contribution is -2.53. The first-order chi connectivity index (χ1) is 12.3. The standard InChI is InChI=1S/C17H20F3N5O/c1-12-7-6-8-13(11-12)25-14(21-22-23-25)16(9-4-3-5-10-16)24(2)15(26)17(18,19)20/h6-8,11H,3-5,9-10H2,1-2H3. The summed E-state index contributed by atoms with van der Waals surface area (Å²) in [5.41, 5.74) is 0.446. The maximum Gasteiger partial charge on any atom is 0.471 e. The molecule has 0 bridgehead atoms. The molecule has 1 saturated carbocycles. The summed E-state index contributed by atoms with van der Waals surface area (Å²) in [6.45, 7) is 1.91. The van der Waals surface area contributed by atoms with E-state index in [4.69, 9.17) is 0 Å². The van der Waals surface area contributed by atoms with Gasteiger partial charge in [0.15, 0.2) is 5.82 Å². The van der Waals surface area contributed by atoms with Crippen LogP contribution in [0.3, 0.4) is 0 Å². The number of alkyl halides is 3. The molecule has 140 valence electrons. The zero-order valence-electron chi connectivity index (χ0n) is 14.6. The van der Waals surface area contributed by atoms with Gasteiger partial charge in [0.25, 0.3) is 0 Å². The summed E-state index contributed by atoms with van der Waals surface area (Å²) >= 11 is 0. The maximum absolute atomic E-state index is 13.1. The Morgan fingerprint density at radius 3 is 2.54 bits per heavy atom. The molecule has 6 nitrogen and oxygen atoms in total. The molecule has 0 spiro atoms. The minimum Gasteiger partial charge on any atom is -0.325 e. The molecule has 1 aromatic heterocycles. The van der Waals surface area contributed by atoms with E-state index in [0.717, 1.165) is 16.9 Å². The number of aryl methyl sites for hydroxylation is 1. The Labute approximate surface area is 149 Å². The number of tetrazole rings is 1. The number of aromatic nitrogens is 4. The van der Waals surface area contributed by atoms with Crippen molar-refractivity contribution in [1.82, 2.24) is 25.1 Å². The summed E-state index contributed by atoms with van der Waals surface area (Å²) in [6, 6.07) is 7.37. The summed E-state index contributed by atoms with van der Waals surface area (Å²) < 4.78 is 40.7. The predicted molar refractivity (Wildman–Crippen MR) is 87.5 cm³/mol. The second-order valence-corrected chi connectivity index (χ2v) is 6.71. The lowest BCUT2D eigenvalue weighted by molar-refractivity contribution is -0.192. The van der Waals surface area contributed by atoms with Crippen molar-refractivity contribution in [2.24, 2.45) is 0 Å². The van der Waals surface area contributed by atoms with Crippen LogP contribution in [0.15, 0.2) is 24.3 Å². The van der Waals surface area contributed by atoms with Gasteiger partial charge in [-0.25, -0.2) is 0 Å². The van der Waals surface area contributed by atoms with Crippen molar-refractivity contribution >= 4 is 5.91 Å². The first kappa shape index (κ1) is 18.3. The van der Waals surface area contributed by atoms with Gasteiger partial charge in [0.2, 0.25) is 0 Å². The highest BCUT2D eigenvalue weighted by molar-refractivity contribution is 5.82. The van der Waals surface area contributed by atoms with Gasteiger partial charge in [-0.05, 0) is 47.9 Å². The third-order valence-corrected chi connectivity index (χ3v) is 5.00. The van der Waals surface area contributed by atoms with E-state index in [1.54, 1.807) is 6.07 Å². The molecule has 1 aliphatic rings. The van der Waals surface area contributed by atoms with E-state index in [9.17, 15) is 18.0 Å². The Morgan fingerprint density at radius 2 is 1.92 bits per heavy atom. The van der Waals surface area contributed by atoms with Crippen molar-refractivity contribution in [3.63, 3.8) is 0 Å². The summed E-state index contributed by atoms with van der Waals surface area (Å²) in [7, 11) is 1.19. The van der Waals surface area contributed by atoms with Gasteiger partial charge in [0, 0.05) is 7.05 Å². The number of rotatable bonds is 3. The Balaban J connectivity index is 2.11. The highest BCUT2D eigenvalue weighted by atomic mass is 19.4. The molecular weight excluding hydrogens is 347 g/mol. The first-order valence-electron chi connectivity index (χ1n) is 8.46. The van der Waals surface area contributed by atoms with E-state index in [1.165, 1.54) is 11.7 Å². The van der Waals surface area contributed by atoms with Crippen molar-refractivity contribution < 1.29 is 18.0 Å². The lowest BCUT2D eigenvalue weighted by atomic mass is 9.79. The Kier molecular flexibility index (Phi) is 4.72. The molecule has 0 N–H and O–H groups in total. The van der Waals surface area contributed by atoms with Crippen molar-refractivity contribution in [3.05, 3.63) is 35.7 Å². The number of carbonyl (C=O) groups is 1. The minimum atomic E-state index is -4.94. The van der Waals surface area contributed by atoms with E-state index in [0.29, 0.717) is 31.4 Å². The molecule has 1 fully saturated rings. The van der Waals surface area contributed by atoms with Gasteiger partial charge in [-0.1, -0.05) is 31.4 Å². The van der Waals surface area contributed by atoms with Crippen LogP contribution in [0.25, 0.3) is 5.69 Å². The molecule has 0 aliphatic heterocycles. The van der Waals surface area contributed by atoms with E-state index in [2.05, 4.69) is 15.5 Å². The van der Waals surface area contributed by atoms with Gasteiger partial charge >= 0.3 is 12.1 Å². The summed E-state index contributed by atoms with van der Waals surface area (Å²) in [4.78, 5) is 12.8. The molecule has 1 heterocycles. The summed E-state index contributed by atoms with van der Waals surface area (Å²) in [5.74, 6) is -1.61. The molecule has 3 rings (SSSR count). The molecule has 0 unspecified atom stereocenters. The number of carbonyl (C=O) groups excluding carboxylic acids is 1. The van der Waals surface area contributed by atoms with E-state index in [-0.39, 0.29) is 5.82 Å². The van der Waals surface area contributed by atoms with E-state index in [1.807, 2.05) is 25.1 Å². The zero-order chi connectivity index (χ0) is 18.9. The number of hydrogen-bond acceptors (Lipinski definition) is 4. The lowest BCUT2D eigenvalue weighted by Gasteiger charge is -2.43. The van der Waals surface area contributed by atoms with Crippen molar-refractivity contribution in [2.45, 2.75) is 50.7 Å². The highest BCUT2D eigenvalue weighted by Crippen LogP contribution is 2.42. The number of amides is 1. The zero-order valence-corrected chi connectivity index (χ0v) is 14.6. The fourth-order valence-corrected chi connectivity index (χ4v) is 3.64. The van der Waals surface area contributed by atoms with Crippen LogP contribution < -0.4 is 0 Å². The smallest absolute Gasteiger partial charge is 0.325 e. The molecule has 1 aliphatic carbocycles. The van der Waals surface area contributed by atoms with E-state index >= 15 is 0 Å². The van der Waals surface area contributed by atoms with Crippen LogP contribution in [-0.2, 0) is 10.3 Å². The molecular formula is C17H20F3N5O. The Morgan fingerprint density at radius 1 is 1.23 bits per heavy atom. The number of halogens is 3. The van der Waals surface area contributed by atoms with Gasteiger partial charge in [-0.3, -0.25) is 4.79 Å².